The van der Waals surface area contributed by atoms with Gasteiger partial charge in [0.05, 0.1) is 0 Å². The number of carbonyl (C=O) groups is 1. The topological polar surface area (TPSA) is 30.0 Å². The minimum Gasteiger partial charge on any atom is -0.292 e. The van der Waals surface area contributed by atoms with Crippen LogP contribution in [-0.2, 0) is 0 Å². The monoisotopic (exact) mass is 373 g/mol. The van der Waals surface area contributed by atoms with E-state index in [1.807, 2.05) is 0 Å². The van der Waals surface area contributed by atoms with Crippen molar-refractivity contribution in [3.05, 3.63) is 26.9 Å². The van der Waals surface area contributed by atoms with Crippen LogP contribution in [0.4, 0.5) is 13.2 Å². The normalized spacial score (nSPS) is 11.6. The lowest BCUT2D eigenvalue weighted by Gasteiger charge is -2.06. The Labute approximate surface area is 113 Å². The molecule has 1 aromatic rings. The Morgan fingerprint density at radius 2 is 2.00 bits per heavy atom. The quantitative estimate of drug-likeness (QED) is 0.725. The molecule has 0 aliphatic heterocycles. The third-order valence-corrected chi connectivity index (χ3v) is 2.97. The van der Waals surface area contributed by atoms with Gasteiger partial charge in [0.25, 0.3) is 0 Å². The molecule has 7 heteroatoms. The molecule has 0 bridgehead atoms. The Morgan fingerprint density at radius 1 is 1.35 bits per heavy atom. The van der Waals surface area contributed by atoms with Gasteiger partial charge in [-0.05, 0) is 44.3 Å². The van der Waals surface area contributed by atoms with Crippen LogP contribution >= 0.6 is 31.9 Å². The molecule has 1 aromatic heterocycles. The van der Waals surface area contributed by atoms with E-state index in [-0.39, 0.29) is 18.5 Å². The maximum Gasteiger partial charge on any atom is 0.389 e. The summed E-state index contributed by atoms with van der Waals surface area (Å²) in [5, 5.41) is 0. The zero-order valence-corrected chi connectivity index (χ0v) is 11.7. The average molecular weight is 375 g/mol. The van der Waals surface area contributed by atoms with Crippen molar-refractivity contribution in [3.8, 4) is 0 Å². The van der Waals surface area contributed by atoms with E-state index in [0.717, 1.165) is 0 Å². The lowest BCUT2D eigenvalue weighted by molar-refractivity contribution is -0.135. The highest BCUT2D eigenvalue weighted by Crippen LogP contribution is 2.24. The van der Waals surface area contributed by atoms with Crippen LogP contribution in [0.2, 0.25) is 0 Å². The fraction of sp³-hybridized carbons (Fsp3) is 0.400. The van der Waals surface area contributed by atoms with Crippen molar-refractivity contribution in [2.75, 3.05) is 0 Å². The molecule has 0 N–H and O–H groups in total. The van der Waals surface area contributed by atoms with Crippen LogP contribution in [0.3, 0.4) is 0 Å². The standard InChI is InChI=1S/C10H8Br2F3NO/c11-6-4-7(12)9(16-5-6)8(17)2-1-3-10(13,14)15/h4-5H,1-3H2. The molecule has 0 aliphatic rings. The SMILES string of the molecule is O=C(CCCC(F)(F)F)c1ncc(Br)cc1Br. The predicted octanol–water partition coefficient (Wildman–Crippen LogP) is 4.52. The van der Waals surface area contributed by atoms with E-state index in [1.54, 1.807) is 6.07 Å². The Hall–Kier alpha value is -0.430. The van der Waals surface area contributed by atoms with Crippen molar-refractivity contribution in [1.82, 2.24) is 4.98 Å². The lowest BCUT2D eigenvalue weighted by Crippen LogP contribution is -2.09. The minimum absolute atomic E-state index is 0.160. The third-order valence-electron chi connectivity index (χ3n) is 1.94. The number of hydrogen-bond acceptors (Lipinski definition) is 2. The van der Waals surface area contributed by atoms with Gasteiger partial charge in [-0.25, -0.2) is 0 Å². The van der Waals surface area contributed by atoms with Crippen LogP contribution in [0.5, 0.6) is 0 Å². The summed E-state index contributed by atoms with van der Waals surface area (Å²) in [5.41, 5.74) is 0.162. The van der Waals surface area contributed by atoms with Crippen molar-refractivity contribution in [3.63, 3.8) is 0 Å². The summed E-state index contributed by atoms with van der Waals surface area (Å²) in [5.74, 6) is -0.395. The fourth-order valence-corrected chi connectivity index (χ4v) is 2.40. The van der Waals surface area contributed by atoms with Gasteiger partial charge in [-0.3, -0.25) is 9.78 Å². The second-order valence-corrected chi connectivity index (χ2v) is 5.15. The van der Waals surface area contributed by atoms with Crippen molar-refractivity contribution in [1.29, 1.82) is 0 Å². The first-order valence-corrected chi connectivity index (χ1v) is 6.29. The largest absolute Gasteiger partial charge is 0.389 e. The van der Waals surface area contributed by atoms with Gasteiger partial charge in [0.1, 0.15) is 5.69 Å². The smallest absolute Gasteiger partial charge is 0.292 e. The number of ketones is 1. The molecule has 2 nitrogen and oxygen atoms in total. The Kier molecular flexibility index (Phi) is 5.12. The van der Waals surface area contributed by atoms with Crippen molar-refractivity contribution < 1.29 is 18.0 Å². The summed E-state index contributed by atoms with van der Waals surface area (Å²) in [6.07, 6.45) is -4.11. The number of nitrogens with zero attached hydrogens (tertiary/aromatic N) is 1. The summed E-state index contributed by atoms with van der Waals surface area (Å²) in [4.78, 5) is 15.5. The third kappa shape index (κ3) is 5.16. The molecule has 0 radical (unpaired) electrons. The Balaban J connectivity index is 2.59. The molecule has 0 fully saturated rings. The number of rotatable bonds is 4. The van der Waals surface area contributed by atoms with Crippen molar-refractivity contribution >= 4 is 37.6 Å². The molecule has 0 amide bonds. The maximum atomic E-state index is 11.9. The molecule has 17 heavy (non-hydrogen) atoms. The number of carbonyl (C=O) groups excluding carboxylic acids is 1. The number of alkyl halides is 3. The van der Waals surface area contributed by atoms with Crippen LogP contribution in [0.1, 0.15) is 29.8 Å². The summed E-state index contributed by atoms with van der Waals surface area (Å²) < 4.78 is 36.9. The summed E-state index contributed by atoms with van der Waals surface area (Å²) >= 11 is 6.32. The number of Topliss-reactive ketones (excluding diaryl/α,β-unsaturated/α-hetero) is 1. The second kappa shape index (κ2) is 5.95. The highest BCUT2D eigenvalue weighted by atomic mass is 79.9. The Bertz CT molecular complexity index is 421. The van der Waals surface area contributed by atoms with E-state index in [2.05, 4.69) is 36.8 Å². The molecular weight excluding hydrogens is 367 g/mol. The van der Waals surface area contributed by atoms with Crippen LogP contribution in [0.15, 0.2) is 21.2 Å². The van der Waals surface area contributed by atoms with Gasteiger partial charge in [0.2, 0.25) is 0 Å². The number of hydrogen-bond donors (Lipinski definition) is 0. The molecular formula is C10H8Br2F3NO. The summed E-state index contributed by atoms with van der Waals surface area (Å²) in [6.45, 7) is 0. The highest BCUT2D eigenvalue weighted by Gasteiger charge is 2.26. The predicted molar refractivity (Wildman–Crippen MR) is 63.9 cm³/mol. The minimum atomic E-state index is -4.22. The van der Waals surface area contributed by atoms with Gasteiger partial charge in [-0.1, -0.05) is 0 Å². The summed E-state index contributed by atoms with van der Waals surface area (Å²) in [6, 6.07) is 1.63. The molecule has 0 spiro atoms. The van der Waals surface area contributed by atoms with Gasteiger partial charge < -0.3 is 0 Å². The first-order valence-electron chi connectivity index (χ1n) is 4.70. The molecule has 1 rings (SSSR count). The van der Waals surface area contributed by atoms with Crippen LogP contribution in [0.25, 0.3) is 0 Å². The molecule has 0 atom stereocenters. The van der Waals surface area contributed by atoms with Gasteiger partial charge in [-0.2, -0.15) is 13.2 Å². The molecule has 0 unspecified atom stereocenters. The first kappa shape index (κ1) is 14.6. The summed E-state index contributed by atoms with van der Waals surface area (Å²) in [7, 11) is 0. The first-order chi connectivity index (χ1) is 7.79. The van der Waals surface area contributed by atoms with Crippen molar-refractivity contribution in [2.45, 2.75) is 25.4 Å². The van der Waals surface area contributed by atoms with E-state index in [0.29, 0.717) is 8.95 Å². The fourth-order valence-electron chi connectivity index (χ4n) is 1.19. The number of aromatic nitrogens is 1. The van der Waals surface area contributed by atoms with E-state index in [1.165, 1.54) is 6.20 Å². The van der Waals surface area contributed by atoms with Crippen LogP contribution in [0, 0.1) is 0 Å². The zero-order valence-electron chi connectivity index (χ0n) is 8.52. The zero-order chi connectivity index (χ0) is 13.1. The molecule has 0 aliphatic carbocycles. The van der Waals surface area contributed by atoms with Crippen molar-refractivity contribution in [2.24, 2.45) is 0 Å². The molecule has 0 aromatic carbocycles. The van der Waals surface area contributed by atoms with E-state index in [4.69, 9.17) is 0 Å². The lowest BCUT2D eigenvalue weighted by atomic mass is 10.1. The number of pyridine rings is 1. The molecule has 0 saturated heterocycles. The van der Waals surface area contributed by atoms with Gasteiger partial charge in [0, 0.05) is 28.0 Å². The number of halogens is 5. The highest BCUT2D eigenvalue weighted by molar-refractivity contribution is 9.11. The van der Waals surface area contributed by atoms with Gasteiger partial charge in [-0.15, -0.1) is 0 Å². The maximum absolute atomic E-state index is 11.9. The molecule has 94 valence electrons. The van der Waals surface area contributed by atoms with Crippen LogP contribution in [-0.4, -0.2) is 16.9 Å². The van der Waals surface area contributed by atoms with Gasteiger partial charge >= 0.3 is 6.18 Å². The van der Waals surface area contributed by atoms with Gasteiger partial charge in [0.15, 0.2) is 5.78 Å². The molecule has 0 saturated carbocycles. The van der Waals surface area contributed by atoms with E-state index in [9.17, 15) is 18.0 Å². The second-order valence-electron chi connectivity index (χ2n) is 3.38. The van der Waals surface area contributed by atoms with Crippen LogP contribution < -0.4 is 0 Å². The van der Waals surface area contributed by atoms with E-state index >= 15 is 0 Å². The average Bonchev–Trinajstić information content (AvgIpc) is 2.15. The van der Waals surface area contributed by atoms with E-state index < -0.39 is 18.4 Å². The molecule has 1 heterocycles. The Morgan fingerprint density at radius 3 is 2.53 bits per heavy atom.